The lowest BCUT2D eigenvalue weighted by molar-refractivity contribution is -0.124. The first-order chi connectivity index (χ1) is 14.5. The lowest BCUT2D eigenvalue weighted by Gasteiger charge is -2.35. The molecule has 0 unspecified atom stereocenters. The van der Waals surface area contributed by atoms with E-state index in [1.165, 1.54) is 16.5 Å². The van der Waals surface area contributed by atoms with Gasteiger partial charge in [-0.2, -0.15) is 5.10 Å². The summed E-state index contributed by atoms with van der Waals surface area (Å²) in [7, 11) is 0. The molecule has 1 saturated heterocycles. The quantitative estimate of drug-likeness (QED) is 0.700. The first kappa shape index (κ1) is 19.1. The molecule has 1 fully saturated rings. The van der Waals surface area contributed by atoms with Crippen LogP contribution in [0, 0.1) is 5.41 Å². The first-order valence-corrected chi connectivity index (χ1v) is 10.8. The van der Waals surface area contributed by atoms with Gasteiger partial charge in [0.2, 0.25) is 5.91 Å². The van der Waals surface area contributed by atoms with E-state index in [2.05, 4.69) is 61.7 Å². The van der Waals surface area contributed by atoms with E-state index in [0.29, 0.717) is 0 Å². The fourth-order valence-corrected chi connectivity index (χ4v) is 4.58. The molecule has 3 aromatic rings. The fraction of sp³-hybridized carbons (Fsp3) is 0.417. The van der Waals surface area contributed by atoms with Gasteiger partial charge in [0.05, 0.1) is 5.52 Å². The van der Waals surface area contributed by atoms with Crippen LogP contribution in [0.4, 0.5) is 11.5 Å². The zero-order valence-corrected chi connectivity index (χ0v) is 17.7. The van der Waals surface area contributed by atoms with E-state index in [4.69, 9.17) is 0 Å². The molecule has 0 aliphatic carbocycles. The molecule has 6 nitrogen and oxygen atoms in total. The third kappa shape index (κ3) is 3.56. The molecule has 5 rings (SSSR count). The second-order valence-electron chi connectivity index (χ2n) is 9.18. The lowest BCUT2D eigenvalue weighted by Crippen LogP contribution is -2.47. The Kier molecular flexibility index (Phi) is 4.74. The number of piperazine rings is 1. The highest BCUT2D eigenvalue weighted by molar-refractivity contribution is 5.98. The topological polar surface area (TPSA) is 64.3 Å². The number of hydrogen-bond donors (Lipinski definition) is 2. The number of anilines is 2. The van der Waals surface area contributed by atoms with E-state index in [0.717, 1.165) is 62.6 Å². The van der Waals surface area contributed by atoms with Crippen molar-refractivity contribution in [1.29, 1.82) is 0 Å². The maximum Gasteiger partial charge on any atom is 0.230 e. The molecule has 2 N–H and O–H groups in total. The van der Waals surface area contributed by atoms with Gasteiger partial charge >= 0.3 is 0 Å². The van der Waals surface area contributed by atoms with Gasteiger partial charge in [0.15, 0.2) is 5.82 Å². The summed E-state index contributed by atoms with van der Waals surface area (Å²) >= 11 is 0. The molecule has 2 aliphatic rings. The minimum absolute atomic E-state index is 0.116. The van der Waals surface area contributed by atoms with E-state index in [9.17, 15) is 4.79 Å². The minimum atomic E-state index is -0.335. The standard InChI is InChI=1S/C24H29N5O/c1-24(2)16-18-15-17(7-8-20(18)25-23(24)30)9-10-28-11-13-29(14-12-28)22-19-5-3-4-6-21(19)26-27-22/h3-8,15H,9-14,16H2,1-2H3,(H,25,30)(H,26,27). The number of rotatable bonds is 4. The van der Waals surface area contributed by atoms with Gasteiger partial charge in [-0.25, -0.2) is 0 Å². The van der Waals surface area contributed by atoms with Gasteiger partial charge in [0, 0.05) is 49.2 Å². The van der Waals surface area contributed by atoms with E-state index < -0.39 is 0 Å². The number of aromatic amines is 1. The van der Waals surface area contributed by atoms with Crippen LogP contribution < -0.4 is 10.2 Å². The molecule has 0 atom stereocenters. The van der Waals surface area contributed by atoms with Gasteiger partial charge in [0.25, 0.3) is 0 Å². The molecule has 2 aliphatic heterocycles. The Morgan fingerprint density at radius 1 is 1.07 bits per heavy atom. The molecule has 1 aromatic heterocycles. The summed E-state index contributed by atoms with van der Waals surface area (Å²) in [6, 6.07) is 14.8. The Morgan fingerprint density at radius 3 is 2.70 bits per heavy atom. The van der Waals surface area contributed by atoms with Crippen molar-refractivity contribution in [2.45, 2.75) is 26.7 Å². The van der Waals surface area contributed by atoms with Crippen LogP contribution in [-0.2, 0) is 17.6 Å². The Labute approximate surface area is 177 Å². The largest absolute Gasteiger partial charge is 0.352 e. The van der Waals surface area contributed by atoms with Crippen molar-refractivity contribution >= 4 is 28.3 Å². The van der Waals surface area contributed by atoms with Gasteiger partial charge in [-0.3, -0.25) is 14.8 Å². The number of H-pyrrole nitrogens is 1. The molecule has 0 saturated carbocycles. The highest BCUT2D eigenvalue weighted by Crippen LogP contribution is 2.33. The zero-order chi connectivity index (χ0) is 20.7. The summed E-state index contributed by atoms with van der Waals surface area (Å²) in [5.41, 5.74) is 4.34. The molecular formula is C24H29N5O. The predicted octanol–water partition coefficient (Wildman–Crippen LogP) is 3.45. The molecule has 6 heteroatoms. The Bertz CT molecular complexity index is 1080. The van der Waals surface area contributed by atoms with Crippen molar-refractivity contribution < 1.29 is 4.79 Å². The van der Waals surface area contributed by atoms with E-state index in [-0.39, 0.29) is 11.3 Å². The lowest BCUT2D eigenvalue weighted by atomic mass is 9.81. The third-order valence-corrected chi connectivity index (χ3v) is 6.50. The van der Waals surface area contributed by atoms with Crippen LogP contribution in [0.3, 0.4) is 0 Å². The smallest absolute Gasteiger partial charge is 0.230 e. The van der Waals surface area contributed by atoms with Crippen LogP contribution in [-0.4, -0.2) is 53.7 Å². The summed E-state index contributed by atoms with van der Waals surface area (Å²) < 4.78 is 0. The van der Waals surface area contributed by atoms with E-state index in [1.54, 1.807) is 0 Å². The highest BCUT2D eigenvalue weighted by atomic mass is 16.2. The molecule has 0 spiro atoms. The molecule has 3 heterocycles. The number of aromatic nitrogens is 2. The van der Waals surface area contributed by atoms with Crippen molar-refractivity contribution in [3.8, 4) is 0 Å². The van der Waals surface area contributed by atoms with E-state index in [1.807, 2.05) is 19.9 Å². The molecule has 0 bridgehead atoms. The van der Waals surface area contributed by atoms with Crippen LogP contribution in [0.15, 0.2) is 42.5 Å². The van der Waals surface area contributed by atoms with Crippen molar-refractivity contribution in [1.82, 2.24) is 15.1 Å². The number of nitrogens with one attached hydrogen (secondary N) is 2. The normalized spacial score (nSPS) is 19.0. The van der Waals surface area contributed by atoms with Crippen molar-refractivity contribution in [3.05, 3.63) is 53.6 Å². The zero-order valence-electron chi connectivity index (χ0n) is 17.7. The first-order valence-electron chi connectivity index (χ1n) is 10.8. The average molecular weight is 404 g/mol. The molecule has 2 aromatic carbocycles. The van der Waals surface area contributed by atoms with Gasteiger partial charge in [-0.1, -0.05) is 38.1 Å². The number of carbonyl (C=O) groups excluding carboxylic acids is 1. The maximum absolute atomic E-state index is 12.2. The number of hydrogen-bond acceptors (Lipinski definition) is 4. The summed E-state index contributed by atoms with van der Waals surface area (Å²) in [6.45, 7) is 9.19. The Morgan fingerprint density at radius 2 is 1.87 bits per heavy atom. The summed E-state index contributed by atoms with van der Waals surface area (Å²) in [6.07, 6.45) is 1.84. The molecule has 1 amide bonds. The Hall–Kier alpha value is -2.86. The van der Waals surface area contributed by atoms with Gasteiger partial charge < -0.3 is 10.2 Å². The number of para-hydroxylation sites is 1. The Balaban J connectivity index is 1.18. The fourth-order valence-electron chi connectivity index (χ4n) is 4.58. The predicted molar refractivity (Wildman–Crippen MR) is 121 cm³/mol. The third-order valence-electron chi connectivity index (χ3n) is 6.50. The van der Waals surface area contributed by atoms with Crippen LogP contribution in [0.5, 0.6) is 0 Å². The number of nitrogens with zero attached hydrogens (tertiary/aromatic N) is 3. The van der Waals surface area contributed by atoms with Gasteiger partial charge in [-0.15, -0.1) is 0 Å². The van der Waals surface area contributed by atoms with Crippen molar-refractivity contribution in [2.24, 2.45) is 5.41 Å². The van der Waals surface area contributed by atoms with Gasteiger partial charge in [0.1, 0.15) is 0 Å². The highest BCUT2D eigenvalue weighted by Gasteiger charge is 2.33. The second-order valence-corrected chi connectivity index (χ2v) is 9.18. The molecule has 156 valence electrons. The number of benzene rings is 2. The summed E-state index contributed by atoms with van der Waals surface area (Å²) in [5.74, 6) is 1.19. The summed E-state index contributed by atoms with van der Waals surface area (Å²) in [5, 5.41) is 11.9. The maximum atomic E-state index is 12.2. The minimum Gasteiger partial charge on any atom is -0.352 e. The van der Waals surface area contributed by atoms with Crippen molar-refractivity contribution in [2.75, 3.05) is 42.9 Å². The van der Waals surface area contributed by atoms with E-state index >= 15 is 0 Å². The SMILES string of the molecule is CC1(C)Cc2cc(CCN3CCN(c4n[nH]c5ccccc45)CC3)ccc2NC1=O. The van der Waals surface area contributed by atoms with Crippen LogP contribution in [0.1, 0.15) is 25.0 Å². The second kappa shape index (κ2) is 7.43. The van der Waals surface area contributed by atoms with Gasteiger partial charge in [-0.05, 0) is 42.2 Å². The van der Waals surface area contributed by atoms with Crippen LogP contribution in [0.25, 0.3) is 10.9 Å². The number of fused-ring (bicyclic) bond motifs is 2. The van der Waals surface area contributed by atoms with Crippen molar-refractivity contribution in [3.63, 3.8) is 0 Å². The number of carbonyl (C=O) groups is 1. The van der Waals surface area contributed by atoms with Crippen LogP contribution >= 0.6 is 0 Å². The average Bonchev–Trinajstić information content (AvgIpc) is 3.17. The molecular weight excluding hydrogens is 374 g/mol. The molecule has 30 heavy (non-hydrogen) atoms. The number of amides is 1. The monoisotopic (exact) mass is 403 g/mol. The molecule has 0 radical (unpaired) electrons. The summed E-state index contributed by atoms with van der Waals surface area (Å²) in [4.78, 5) is 17.1. The van der Waals surface area contributed by atoms with Crippen LogP contribution in [0.2, 0.25) is 0 Å².